The molecule has 0 spiro atoms. The Balaban J connectivity index is 1.10. The number of rotatable bonds is 5. The Labute approximate surface area is 255 Å². The summed E-state index contributed by atoms with van der Waals surface area (Å²) in [6.07, 6.45) is 2.36. The molecule has 44 heavy (non-hydrogen) atoms. The number of fused-ring (bicyclic) bond motifs is 3. The van der Waals surface area contributed by atoms with Gasteiger partial charge in [0.1, 0.15) is 23.7 Å². The molecule has 3 fully saturated rings. The van der Waals surface area contributed by atoms with Gasteiger partial charge in [-0.25, -0.2) is 13.9 Å². The molecule has 2 aromatic heterocycles. The van der Waals surface area contributed by atoms with Gasteiger partial charge in [0.15, 0.2) is 11.4 Å². The number of hydrogen-bond acceptors (Lipinski definition) is 7. The first-order chi connectivity index (χ1) is 21.2. The number of anilines is 1. The number of carbonyl (C=O) groups is 1. The third-order valence-corrected chi connectivity index (χ3v) is 9.65. The zero-order valence-corrected chi connectivity index (χ0v) is 25.1. The highest BCUT2D eigenvalue weighted by Crippen LogP contribution is 2.42. The fraction of sp³-hybridized carbons (Fsp3) is 0.441. The minimum absolute atomic E-state index is 0.0480. The number of hydrogen-bond donors (Lipinski definition) is 1. The first-order valence-electron chi connectivity index (χ1n) is 15.5. The van der Waals surface area contributed by atoms with Crippen LogP contribution in [0.4, 0.5) is 10.1 Å². The highest BCUT2D eigenvalue weighted by Gasteiger charge is 2.52. The van der Waals surface area contributed by atoms with Crippen LogP contribution in [0.3, 0.4) is 0 Å². The highest BCUT2D eigenvalue weighted by molar-refractivity contribution is 5.93. The summed E-state index contributed by atoms with van der Waals surface area (Å²) in [6.45, 7) is 6.80. The van der Waals surface area contributed by atoms with E-state index in [9.17, 15) is 9.90 Å². The molecule has 8 rings (SSSR count). The second-order valence-electron chi connectivity index (χ2n) is 13.0. The molecule has 4 aromatic rings. The number of carbonyl (C=O) groups excluding carboxylic acids is 1. The fourth-order valence-electron chi connectivity index (χ4n) is 7.33. The van der Waals surface area contributed by atoms with Crippen molar-refractivity contribution in [3.63, 3.8) is 0 Å². The number of nitrogens with zero attached hydrogens (tertiary/aromatic N) is 5. The number of aromatic nitrogens is 3. The van der Waals surface area contributed by atoms with Crippen LogP contribution >= 0.6 is 0 Å². The SMILES string of the molecule is C[C@@H]1c2ccccc2CCN1C(=O)c1cc(C2CC2)n2nc(-c3ccc(N4C[C@@H]5OC(C)(C)O[C@@H]5[C@H]4CO)cc3F)cc2n1. The third kappa shape index (κ3) is 4.50. The first-order valence-corrected chi connectivity index (χ1v) is 15.5. The molecule has 1 N–H and O–H groups in total. The number of halogens is 1. The zero-order chi connectivity index (χ0) is 30.3. The van der Waals surface area contributed by atoms with Crippen molar-refractivity contribution < 1.29 is 23.8 Å². The molecule has 9 nitrogen and oxygen atoms in total. The molecule has 2 aromatic carbocycles. The molecule has 1 amide bonds. The molecule has 10 heteroatoms. The van der Waals surface area contributed by atoms with Crippen LogP contribution in [0.1, 0.15) is 72.9 Å². The van der Waals surface area contributed by atoms with Gasteiger partial charge in [-0.2, -0.15) is 5.10 Å². The largest absolute Gasteiger partial charge is 0.394 e. The van der Waals surface area contributed by atoms with Gasteiger partial charge in [-0.1, -0.05) is 24.3 Å². The van der Waals surface area contributed by atoms with Crippen LogP contribution in [-0.4, -0.2) is 74.2 Å². The Morgan fingerprint density at radius 2 is 1.93 bits per heavy atom. The van der Waals surface area contributed by atoms with Crippen LogP contribution in [-0.2, 0) is 15.9 Å². The van der Waals surface area contributed by atoms with E-state index in [0.29, 0.717) is 47.3 Å². The lowest BCUT2D eigenvalue weighted by Gasteiger charge is -2.35. The molecule has 4 aliphatic rings. The summed E-state index contributed by atoms with van der Waals surface area (Å²) in [4.78, 5) is 22.5. The molecule has 0 unspecified atom stereocenters. The van der Waals surface area contributed by atoms with Crippen molar-refractivity contribution in [2.24, 2.45) is 0 Å². The van der Waals surface area contributed by atoms with Gasteiger partial charge in [-0.15, -0.1) is 0 Å². The summed E-state index contributed by atoms with van der Waals surface area (Å²) in [5.41, 5.74) is 5.78. The monoisotopic (exact) mass is 597 g/mol. The van der Waals surface area contributed by atoms with Crippen LogP contribution in [0.2, 0.25) is 0 Å². The zero-order valence-electron chi connectivity index (χ0n) is 25.1. The molecule has 2 saturated heterocycles. The number of aliphatic hydroxyl groups excluding tert-OH is 1. The minimum Gasteiger partial charge on any atom is -0.394 e. The minimum atomic E-state index is -0.706. The van der Waals surface area contributed by atoms with E-state index in [1.54, 1.807) is 16.6 Å². The van der Waals surface area contributed by atoms with Gasteiger partial charge in [0, 0.05) is 42.0 Å². The van der Waals surface area contributed by atoms with E-state index < -0.39 is 11.6 Å². The second-order valence-corrected chi connectivity index (χ2v) is 13.0. The van der Waals surface area contributed by atoms with Gasteiger partial charge < -0.3 is 24.4 Å². The van der Waals surface area contributed by atoms with Crippen molar-refractivity contribution in [3.8, 4) is 11.3 Å². The average Bonchev–Trinajstić information content (AvgIpc) is 3.58. The molecule has 1 saturated carbocycles. The summed E-state index contributed by atoms with van der Waals surface area (Å²) in [5.74, 6) is -0.930. The third-order valence-electron chi connectivity index (χ3n) is 9.65. The van der Waals surface area contributed by atoms with Gasteiger partial charge in [0.2, 0.25) is 0 Å². The molecule has 3 aliphatic heterocycles. The van der Waals surface area contributed by atoms with Gasteiger partial charge in [0.05, 0.1) is 24.4 Å². The van der Waals surface area contributed by atoms with Crippen molar-refractivity contribution in [2.75, 3.05) is 24.6 Å². The van der Waals surface area contributed by atoms with E-state index in [1.807, 2.05) is 47.9 Å². The molecular formula is C34H36FN5O4. The second kappa shape index (κ2) is 10.1. The Kier molecular flexibility index (Phi) is 6.34. The van der Waals surface area contributed by atoms with Crippen molar-refractivity contribution in [1.82, 2.24) is 19.5 Å². The topological polar surface area (TPSA) is 92.4 Å². The summed E-state index contributed by atoms with van der Waals surface area (Å²) in [7, 11) is 0. The van der Waals surface area contributed by atoms with Crippen LogP contribution in [0.5, 0.6) is 0 Å². The molecule has 4 atom stereocenters. The Hall–Kier alpha value is -3.86. The number of benzene rings is 2. The number of ether oxygens (including phenoxy) is 2. The normalized spacial score (nSPS) is 25.8. The van der Waals surface area contributed by atoms with Crippen LogP contribution in [0.25, 0.3) is 16.9 Å². The van der Waals surface area contributed by atoms with Crippen LogP contribution in [0.15, 0.2) is 54.6 Å². The maximum absolute atomic E-state index is 15.8. The van der Waals surface area contributed by atoms with E-state index in [1.165, 1.54) is 17.2 Å². The maximum atomic E-state index is 15.8. The Bertz CT molecular complexity index is 1780. The molecular weight excluding hydrogens is 561 g/mol. The summed E-state index contributed by atoms with van der Waals surface area (Å²) in [6, 6.07) is 16.6. The predicted octanol–water partition coefficient (Wildman–Crippen LogP) is 4.87. The van der Waals surface area contributed by atoms with Crippen molar-refractivity contribution in [1.29, 1.82) is 0 Å². The van der Waals surface area contributed by atoms with Crippen LogP contribution < -0.4 is 4.90 Å². The summed E-state index contributed by atoms with van der Waals surface area (Å²) >= 11 is 0. The predicted molar refractivity (Wildman–Crippen MR) is 162 cm³/mol. The molecule has 1 aliphatic carbocycles. The summed E-state index contributed by atoms with van der Waals surface area (Å²) in [5, 5.41) is 14.9. The number of aliphatic hydroxyl groups is 1. The molecule has 0 radical (unpaired) electrons. The number of amides is 1. The summed E-state index contributed by atoms with van der Waals surface area (Å²) < 4.78 is 29.6. The fourth-order valence-corrected chi connectivity index (χ4v) is 7.33. The lowest BCUT2D eigenvalue weighted by atomic mass is 9.93. The van der Waals surface area contributed by atoms with E-state index in [0.717, 1.165) is 25.0 Å². The van der Waals surface area contributed by atoms with E-state index in [-0.39, 0.29) is 36.8 Å². The van der Waals surface area contributed by atoms with Crippen molar-refractivity contribution in [3.05, 3.63) is 82.9 Å². The van der Waals surface area contributed by atoms with Crippen LogP contribution in [0, 0.1) is 5.82 Å². The molecule has 5 heterocycles. The Morgan fingerprint density at radius 3 is 2.70 bits per heavy atom. The molecule has 0 bridgehead atoms. The van der Waals surface area contributed by atoms with E-state index in [2.05, 4.69) is 19.1 Å². The lowest BCUT2D eigenvalue weighted by Crippen LogP contribution is -2.41. The highest BCUT2D eigenvalue weighted by atomic mass is 19.1. The Morgan fingerprint density at radius 1 is 1.11 bits per heavy atom. The molecule has 228 valence electrons. The lowest BCUT2D eigenvalue weighted by molar-refractivity contribution is -0.151. The van der Waals surface area contributed by atoms with E-state index in [4.69, 9.17) is 19.6 Å². The maximum Gasteiger partial charge on any atom is 0.273 e. The standard InChI is InChI=1S/C34H36FN5O4/c1-19-23-7-5-4-6-20(23)12-13-38(19)33(42)27-15-28(21-8-9-21)40-31(36-27)16-26(37-40)24-11-10-22(14-25(24)35)39-17-30-32(29(39)18-41)44-34(2,3)43-30/h4-7,10-11,14-16,19,21,29-30,32,41H,8-9,12-13,17-18H2,1-3H3/t19-,29-,30+,32-/m1/s1. The van der Waals surface area contributed by atoms with Gasteiger partial charge in [0.25, 0.3) is 5.91 Å². The van der Waals surface area contributed by atoms with Crippen molar-refractivity contribution in [2.45, 2.75) is 76.0 Å². The first kappa shape index (κ1) is 27.7. The van der Waals surface area contributed by atoms with E-state index >= 15 is 4.39 Å². The van der Waals surface area contributed by atoms with Crippen molar-refractivity contribution >= 4 is 17.2 Å². The smallest absolute Gasteiger partial charge is 0.273 e. The van der Waals surface area contributed by atoms with Gasteiger partial charge >= 0.3 is 0 Å². The average molecular weight is 598 g/mol. The van der Waals surface area contributed by atoms with Gasteiger partial charge in [-0.05, 0) is 75.4 Å². The van der Waals surface area contributed by atoms with Gasteiger partial charge in [-0.3, -0.25) is 4.79 Å². The quantitative estimate of drug-likeness (QED) is 0.351.